The molecule has 0 saturated carbocycles. The lowest BCUT2D eigenvalue weighted by Crippen LogP contribution is -2.40. The Morgan fingerprint density at radius 3 is 2.66 bits per heavy atom. The fourth-order valence-electron chi connectivity index (χ4n) is 5.90. The van der Waals surface area contributed by atoms with E-state index in [0.717, 1.165) is 24.2 Å². The lowest BCUT2D eigenvalue weighted by atomic mass is 9.68. The molecule has 9 nitrogen and oxygen atoms in total. The van der Waals surface area contributed by atoms with Gasteiger partial charge < -0.3 is 19.4 Å². The summed E-state index contributed by atoms with van der Waals surface area (Å²) in [6.07, 6.45) is 7.25. The molecule has 1 aliphatic heterocycles. The number of allylic oxidation sites excluding steroid dienone is 2. The normalized spacial score (nSPS) is 17.8. The average molecular weight is 570 g/mol. The molecule has 0 spiro atoms. The number of Topliss-reactive ketones (excluding diaryl/α,β-unsaturated/α-hetero) is 1. The number of hydrogen-bond acceptors (Lipinski definition) is 7. The molecule has 2 aliphatic rings. The third-order valence-electron chi connectivity index (χ3n) is 7.62. The Morgan fingerprint density at radius 1 is 1.12 bits per heavy atom. The van der Waals surface area contributed by atoms with Crippen molar-refractivity contribution >= 4 is 29.5 Å². The van der Waals surface area contributed by atoms with Gasteiger partial charge in [-0.1, -0.05) is 32.0 Å². The van der Waals surface area contributed by atoms with Crippen LogP contribution in [0.4, 0.5) is 11.5 Å². The standard InChI is InChI=1S/C31H31N5O4S/c1-31(2)16-23-26(24(38)17-31)25(19-7-9-22(10-8-19)40-14-4-12-35-13-11-32-18-35)27-28(33-30(41)34-29(27)39)36(23)20-5-3-6-21(37)15-20/h3,5-11,13,15,18,25,37H,4,12,14,16-17H2,1-2H3,(H2,33,34,39,41). The Bertz CT molecular complexity index is 1750. The molecule has 0 bridgehead atoms. The van der Waals surface area contributed by atoms with Crippen LogP contribution in [0.5, 0.6) is 11.5 Å². The molecule has 0 radical (unpaired) electrons. The predicted molar refractivity (Wildman–Crippen MR) is 158 cm³/mol. The maximum Gasteiger partial charge on any atom is 0.258 e. The molecule has 210 valence electrons. The molecule has 1 atom stereocenters. The van der Waals surface area contributed by atoms with Gasteiger partial charge in [-0.2, -0.15) is 0 Å². The van der Waals surface area contributed by atoms with Crippen molar-refractivity contribution in [2.75, 3.05) is 11.5 Å². The molecule has 10 heteroatoms. The number of ketones is 1. The van der Waals surface area contributed by atoms with Gasteiger partial charge in [0.25, 0.3) is 5.56 Å². The number of ether oxygens (including phenoxy) is 1. The van der Waals surface area contributed by atoms with Crippen LogP contribution in [0.25, 0.3) is 0 Å². The number of rotatable bonds is 7. The summed E-state index contributed by atoms with van der Waals surface area (Å²) in [7, 11) is 0. The van der Waals surface area contributed by atoms with Gasteiger partial charge in [-0.3, -0.25) is 19.5 Å². The summed E-state index contributed by atoms with van der Waals surface area (Å²) < 4.78 is 8.15. The van der Waals surface area contributed by atoms with E-state index < -0.39 is 5.92 Å². The molecule has 0 amide bonds. The largest absolute Gasteiger partial charge is 0.508 e. The molecule has 0 fully saturated rings. The van der Waals surface area contributed by atoms with Crippen LogP contribution in [0.15, 0.2) is 83.3 Å². The number of imidazole rings is 1. The van der Waals surface area contributed by atoms with Gasteiger partial charge in [0.15, 0.2) is 10.6 Å². The Hall–Kier alpha value is -4.44. The average Bonchev–Trinajstić information content (AvgIpc) is 3.43. The maximum atomic E-state index is 13.9. The van der Waals surface area contributed by atoms with Crippen molar-refractivity contribution in [1.29, 1.82) is 0 Å². The van der Waals surface area contributed by atoms with Crippen LogP contribution in [0.2, 0.25) is 0 Å². The number of anilines is 2. The van der Waals surface area contributed by atoms with E-state index in [2.05, 4.69) is 28.8 Å². The van der Waals surface area contributed by atoms with E-state index in [1.807, 2.05) is 46.0 Å². The summed E-state index contributed by atoms with van der Waals surface area (Å²) in [6.45, 7) is 5.49. The van der Waals surface area contributed by atoms with E-state index in [0.29, 0.717) is 47.8 Å². The first-order valence-electron chi connectivity index (χ1n) is 13.6. The molecule has 0 saturated heterocycles. The topological polar surface area (TPSA) is 116 Å². The van der Waals surface area contributed by atoms with E-state index in [-0.39, 0.29) is 27.3 Å². The molecule has 41 heavy (non-hydrogen) atoms. The summed E-state index contributed by atoms with van der Waals surface area (Å²) in [5.74, 6) is 0.697. The van der Waals surface area contributed by atoms with Gasteiger partial charge in [0, 0.05) is 48.6 Å². The predicted octanol–water partition coefficient (Wildman–Crippen LogP) is 5.73. The van der Waals surface area contributed by atoms with Crippen LogP contribution in [-0.2, 0) is 11.3 Å². The number of carbonyl (C=O) groups excluding carboxylic acids is 1. The number of H-pyrrole nitrogens is 2. The number of fused-ring (bicyclic) bond motifs is 1. The molecular weight excluding hydrogens is 538 g/mol. The summed E-state index contributed by atoms with van der Waals surface area (Å²) in [5, 5.41) is 10.3. The Kier molecular flexibility index (Phi) is 6.86. The number of phenolic OH excluding ortho intramolecular Hbond substituents is 1. The number of aromatic hydroxyl groups is 1. The minimum atomic E-state index is -0.594. The quantitative estimate of drug-likeness (QED) is 0.192. The van der Waals surface area contributed by atoms with Crippen molar-refractivity contribution in [3.05, 3.63) is 105 Å². The highest BCUT2D eigenvalue weighted by Gasteiger charge is 2.45. The van der Waals surface area contributed by atoms with Gasteiger partial charge in [-0.25, -0.2) is 4.98 Å². The molecule has 1 unspecified atom stereocenters. The van der Waals surface area contributed by atoms with Crippen LogP contribution in [0.1, 0.15) is 50.2 Å². The fourth-order valence-corrected chi connectivity index (χ4v) is 6.09. The number of hydrogen-bond donors (Lipinski definition) is 3. The zero-order valence-corrected chi connectivity index (χ0v) is 23.7. The highest BCUT2D eigenvalue weighted by molar-refractivity contribution is 7.71. The van der Waals surface area contributed by atoms with Crippen molar-refractivity contribution in [2.45, 2.75) is 45.6 Å². The van der Waals surface area contributed by atoms with Gasteiger partial charge in [0.05, 0.1) is 24.2 Å². The van der Waals surface area contributed by atoms with Gasteiger partial charge in [-0.15, -0.1) is 0 Å². The molecule has 3 N–H and O–H groups in total. The van der Waals surface area contributed by atoms with Gasteiger partial charge in [0.1, 0.15) is 17.3 Å². The zero-order chi connectivity index (χ0) is 28.7. The minimum absolute atomic E-state index is 0.00117. The Balaban J connectivity index is 1.42. The molecule has 2 aromatic carbocycles. The van der Waals surface area contributed by atoms with E-state index in [9.17, 15) is 14.7 Å². The van der Waals surface area contributed by atoms with Gasteiger partial charge >= 0.3 is 0 Å². The number of nitrogens with zero attached hydrogens (tertiary/aromatic N) is 3. The van der Waals surface area contributed by atoms with Crippen LogP contribution >= 0.6 is 12.2 Å². The van der Waals surface area contributed by atoms with Crippen LogP contribution in [-0.4, -0.2) is 37.0 Å². The highest BCUT2D eigenvalue weighted by atomic mass is 32.1. The summed E-state index contributed by atoms with van der Waals surface area (Å²) in [5.41, 5.74) is 2.59. The Labute approximate surface area is 242 Å². The van der Waals surface area contributed by atoms with Crippen molar-refractivity contribution < 1.29 is 14.6 Å². The second-order valence-electron chi connectivity index (χ2n) is 11.3. The molecule has 3 heterocycles. The zero-order valence-electron chi connectivity index (χ0n) is 22.9. The molecule has 1 aliphatic carbocycles. The van der Waals surface area contributed by atoms with Crippen molar-refractivity contribution in [2.24, 2.45) is 5.41 Å². The van der Waals surface area contributed by atoms with Crippen LogP contribution in [0.3, 0.4) is 0 Å². The third-order valence-corrected chi connectivity index (χ3v) is 7.82. The second kappa shape index (κ2) is 10.5. The number of aromatic amines is 2. The van der Waals surface area contributed by atoms with E-state index >= 15 is 0 Å². The van der Waals surface area contributed by atoms with Crippen LogP contribution < -0.4 is 15.2 Å². The van der Waals surface area contributed by atoms with Crippen molar-refractivity contribution in [3.63, 3.8) is 0 Å². The number of aryl methyl sites for hydroxylation is 1. The lowest BCUT2D eigenvalue weighted by molar-refractivity contribution is -0.118. The number of phenols is 1. The number of aromatic nitrogens is 4. The molecule has 6 rings (SSSR count). The monoisotopic (exact) mass is 569 g/mol. The first-order chi connectivity index (χ1) is 19.7. The number of nitrogens with one attached hydrogen (secondary N) is 2. The van der Waals surface area contributed by atoms with Gasteiger partial charge in [-0.05, 0) is 60.3 Å². The fraction of sp³-hybridized carbons (Fsp3) is 0.290. The van der Waals surface area contributed by atoms with E-state index in [1.165, 1.54) is 0 Å². The second-order valence-corrected chi connectivity index (χ2v) is 11.7. The summed E-state index contributed by atoms with van der Waals surface area (Å²) >= 11 is 5.39. The SMILES string of the molecule is CC1(C)CC(=O)C2=C(C1)N(c1cccc(O)c1)c1[nH]c(=S)[nH]c(=O)c1C2c1ccc(OCCCn2ccnc2)cc1. The molecule has 4 aromatic rings. The summed E-state index contributed by atoms with van der Waals surface area (Å²) in [4.78, 5) is 39.3. The first-order valence-corrected chi connectivity index (χ1v) is 14.0. The van der Waals surface area contributed by atoms with E-state index in [1.54, 1.807) is 30.7 Å². The minimum Gasteiger partial charge on any atom is -0.508 e. The van der Waals surface area contributed by atoms with Crippen molar-refractivity contribution in [1.82, 2.24) is 19.5 Å². The smallest absolute Gasteiger partial charge is 0.258 e. The summed E-state index contributed by atoms with van der Waals surface area (Å²) in [6, 6.07) is 14.4. The van der Waals surface area contributed by atoms with E-state index in [4.69, 9.17) is 17.0 Å². The molecular formula is C31H31N5O4S. The Morgan fingerprint density at radius 2 is 1.93 bits per heavy atom. The maximum absolute atomic E-state index is 13.9. The third kappa shape index (κ3) is 5.22. The lowest BCUT2D eigenvalue weighted by Gasteiger charge is -2.44. The highest BCUT2D eigenvalue weighted by Crippen LogP contribution is 2.52. The number of carbonyl (C=O) groups is 1. The van der Waals surface area contributed by atoms with Gasteiger partial charge in [0.2, 0.25) is 0 Å². The molecule has 2 aromatic heterocycles. The number of benzene rings is 2. The first kappa shape index (κ1) is 26.8. The van der Waals surface area contributed by atoms with Crippen molar-refractivity contribution in [3.8, 4) is 11.5 Å². The van der Waals surface area contributed by atoms with Crippen LogP contribution in [0, 0.1) is 10.2 Å².